The highest BCUT2D eigenvalue weighted by atomic mass is 16.5. The molecule has 30 heavy (non-hydrogen) atoms. The second-order valence-corrected chi connectivity index (χ2v) is 6.99. The molecule has 0 saturated heterocycles. The SMILES string of the molecule is O=C(O)C[C@H](Cc1nc2ccccc2[nH]1)c1ccccc1OC(=O)c1ccccc1. The van der Waals surface area contributed by atoms with Gasteiger partial charge in [0.05, 0.1) is 23.0 Å². The quantitative estimate of drug-likeness (QED) is 0.350. The number of carbonyl (C=O) groups is 2. The number of fused-ring (bicyclic) bond motifs is 1. The van der Waals surface area contributed by atoms with E-state index in [1.54, 1.807) is 42.5 Å². The zero-order chi connectivity index (χ0) is 20.9. The summed E-state index contributed by atoms with van der Waals surface area (Å²) in [7, 11) is 0. The van der Waals surface area contributed by atoms with Crippen molar-refractivity contribution < 1.29 is 19.4 Å². The van der Waals surface area contributed by atoms with Crippen molar-refractivity contribution in [2.24, 2.45) is 0 Å². The van der Waals surface area contributed by atoms with Crippen molar-refractivity contribution in [2.45, 2.75) is 18.8 Å². The molecular weight excluding hydrogens is 380 g/mol. The van der Waals surface area contributed by atoms with Gasteiger partial charge in [-0.3, -0.25) is 4.79 Å². The largest absolute Gasteiger partial charge is 0.481 e. The van der Waals surface area contributed by atoms with Gasteiger partial charge >= 0.3 is 11.9 Å². The van der Waals surface area contributed by atoms with E-state index in [2.05, 4.69) is 9.97 Å². The molecule has 0 spiro atoms. The van der Waals surface area contributed by atoms with E-state index in [-0.39, 0.29) is 6.42 Å². The highest BCUT2D eigenvalue weighted by Gasteiger charge is 2.23. The van der Waals surface area contributed by atoms with Gasteiger partial charge in [0.2, 0.25) is 0 Å². The predicted molar refractivity (Wildman–Crippen MR) is 113 cm³/mol. The van der Waals surface area contributed by atoms with Crippen molar-refractivity contribution in [1.29, 1.82) is 0 Å². The highest BCUT2D eigenvalue weighted by molar-refractivity contribution is 5.91. The third-order valence-electron chi connectivity index (χ3n) is 4.87. The van der Waals surface area contributed by atoms with Crippen molar-refractivity contribution >= 4 is 23.0 Å². The molecule has 6 nitrogen and oxygen atoms in total. The third kappa shape index (κ3) is 4.38. The lowest BCUT2D eigenvalue weighted by Gasteiger charge is -2.18. The van der Waals surface area contributed by atoms with Crippen molar-refractivity contribution in [3.05, 3.63) is 95.8 Å². The number of aliphatic carboxylic acids is 1. The summed E-state index contributed by atoms with van der Waals surface area (Å²) in [4.78, 5) is 31.9. The van der Waals surface area contributed by atoms with Crippen LogP contribution in [0.1, 0.15) is 34.1 Å². The second kappa shape index (κ2) is 8.61. The molecule has 4 rings (SSSR count). The normalized spacial score (nSPS) is 11.9. The predicted octanol–water partition coefficient (Wildman–Crippen LogP) is 4.58. The number of hydrogen-bond acceptors (Lipinski definition) is 4. The van der Waals surface area contributed by atoms with Gasteiger partial charge in [-0.15, -0.1) is 0 Å². The maximum atomic E-state index is 12.5. The molecule has 0 aliphatic heterocycles. The number of hydrogen-bond donors (Lipinski definition) is 2. The molecule has 2 N–H and O–H groups in total. The van der Waals surface area contributed by atoms with E-state index in [0.717, 1.165) is 11.0 Å². The fourth-order valence-corrected chi connectivity index (χ4v) is 3.48. The zero-order valence-corrected chi connectivity index (χ0v) is 16.1. The van der Waals surface area contributed by atoms with E-state index in [4.69, 9.17) is 4.74 Å². The number of carbonyl (C=O) groups excluding carboxylic acids is 1. The van der Waals surface area contributed by atoms with Crippen molar-refractivity contribution in [1.82, 2.24) is 9.97 Å². The minimum Gasteiger partial charge on any atom is -0.481 e. The van der Waals surface area contributed by atoms with Gasteiger partial charge in [0.15, 0.2) is 0 Å². The number of esters is 1. The first-order valence-corrected chi connectivity index (χ1v) is 9.61. The number of carboxylic acids is 1. The van der Waals surface area contributed by atoms with Crippen molar-refractivity contribution in [3.8, 4) is 5.75 Å². The molecule has 0 fully saturated rings. The molecule has 0 bridgehead atoms. The van der Waals surface area contributed by atoms with Gasteiger partial charge in [0.1, 0.15) is 11.6 Å². The lowest BCUT2D eigenvalue weighted by Crippen LogP contribution is -2.14. The Hall–Kier alpha value is -3.93. The lowest BCUT2D eigenvalue weighted by atomic mass is 9.91. The second-order valence-electron chi connectivity index (χ2n) is 6.99. The molecule has 1 atom stereocenters. The summed E-state index contributed by atoms with van der Waals surface area (Å²) in [6.07, 6.45) is 0.262. The Morgan fingerprint density at radius 1 is 0.933 bits per heavy atom. The Balaban J connectivity index is 1.64. The summed E-state index contributed by atoms with van der Waals surface area (Å²) >= 11 is 0. The molecule has 1 aromatic heterocycles. The van der Waals surface area contributed by atoms with Gasteiger partial charge in [0, 0.05) is 12.3 Å². The molecule has 1 heterocycles. The van der Waals surface area contributed by atoms with E-state index in [1.165, 1.54) is 0 Å². The van der Waals surface area contributed by atoms with Crippen LogP contribution in [-0.4, -0.2) is 27.0 Å². The molecule has 150 valence electrons. The summed E-state index contributed by atoms with van der Waals surface area (Å²) in [6, 6.07) is 23.4. The number of para-hydroxylation sites is 3. The first kappa shape index (κ1) is 19.4. The molecule has 4 aromatic rings. The first-order valence-electron chi connectivity index (χ1n) is 9.61. The van der Waals surface area contributed by atoms with Crippen LogP contribution in [0.5, 0.6) is 5.75 Å². The number of imidazole rings is 1. The minimum absolute atomic E-state index is 0.114. The fraction of sp³-hybridized carbons (Fsp3) is 0.125. The summed E-state index contributed by atoms with van der Waals surface area (Å²) in [5.41, 5.74) is 2.81. The lowest BCUT2D eigenvalue weighted by molar-refractivity contribution is -0.137. The molecule has 3 aromatic carbocycles. The van der Waals surface area contributed by atoms with Gasteiger partial charge in [-0.05, 0) is 35.9 Å². The van der Waals surface area contributed by atoms with Crippen LogP contribution in [0.3, 0.4) is 0 Å². The molecule has 0 unspecified atom stereocenters. The average Bonchev–Trinajstić information content (AvgIpc) is 3.16. The monoisotopic (exact) mass is 400 g/mol. The van der Waals surface area contributed by atoms with Crippen LogP contribution in [0, 0.1) is 0 Å². The number of nitrogens with zero attached hydrogens (tertiary/aromatic N) is 1. The highest BCUT2D eigenvalue weighted by Crippen LogP contribution is 2.32. The van der Waals surface area contributed by atoms with Crippen LogP contribution >= 0.6 is 0 Å². The van der Waals surface area contributed by atoms with Gasteiger partial charge in [-0.1, -0.05) is 48.5 Å². The Morgan fingerprint density at radius 3 is 2.40 bits per heavy atom. The molecule has 0 radical (unpaired) electrons. The van der Waals surface area contributed by atoms with E-state index < -0.39 is 17.9 Å². The third-order valence-corrected chi connectivity index (χ3v) is 4.87. The summed E-state index contributed by atoms with van der Waals surface area (Å²) in [6.45, 7) is 0. The maximum absolute atomic E-state index is 12.5. The van der Waals surface area contributed by atoms with E-state index in [1.807, 2.05) is 36.4 Å². The Kier molecular flexibility index (Phi) is 5.57. The molecule has 0 aliphatic carbocycles. The Labute approximate surface area is 173 Å². The standard InChI is InChI=1S/C24H20N2O4/c27-23(28)15-17(14-22-25-19-11-5-6-12-20(19)26-22)18-10-4-7-13-21(18)30-24(29)16-8-2-1-3-9-16/h1-13,17H,14-15H2,(H,25,26)(H,27,28)/t17-/m0/s1. The van der Waals surface area contributed by atoms with Crippen LogP contribution in [-0.2, 0) is 11.2 Å². The van der Waals surface area contributed by atoms with E-state index >= 15 is 0 Å². The van der Waals surface area contributed by atoms with Gasteiger partial charge in [-0.25, -0.2) is 9.78 Å². The van der Waals surface area contributed by atoms with Crippen LogP contribution in [0.4, 0.5) is 0 Å². The topological polar surface area (TPSA) is 92.3 Å². The van der Waals surface area contributed by atoms with E-state index in [0.29, 0.717) is 29.1 Å². The van der Waals surface area contributed by atoms with Gasteiger partial charge < -0.3 is 14.8 Å². The summed E-state index contributed by atoms with van der Waals surface area (Å²) < 4.78 is 5.63. The van der Waals surface area contributed by atoms with Crippen LogP contribution in [0.25, 0.3) is 11.0 Å². The molecule has 0 amide bonds. The number of rotatable bonds is 7. The smallest absolute Gasteiger partial charge is 0.343 e. The molecule has 0 aliphatic rings. The number of carboxylic acid groups (broad SMARTS) is 1. The Bertz CT molecular complexity index is 1150. The minimum atomic E-state index is -0.930. The zero-order valence-electron chi connectivity index (χ0n) is 16.1. The van der Waals surface area contributed by atoms with E-state index in [9.17, 15) is 14.7 Å². The van der Waals surface area contributed by atoms with Crippen LogP contribution in [0.15, 0.2) is 78.9 Å². The number of nitrogens with one attached hydrogen (secondary N) is 1. The Morgan fingerprint density at radius 2 is 1.63 bits per heavy atom. The summed E-state index contributed by atoms with van der Waals surface area (Å²) in [5, 5.41) is 9.48. The number of H-pyrrole nitrogens is 1. The number of benzene rings is 3. The van der Waals surface area contributed by atoms with Gasteiger partial charge in [0.25, 0.3) is 0 Å². The molecule has 0 saturated carbocycles. The number of aromatic nitrogens is 2. The maximum Gasteiger partial charge on any atom is 0.343 e. The summed E-state index contributed by atoms with van der Waals surface area (Å²) in [5.74, 6) is -0.788. The molecular formula is C24H20N2O4. The van der Waals surface area contributed by atoms with Crippen molar-refractivity contribution in [2.75, 3.05) is 0 Å². The fourth-order valence-electron chi connectivity index (χ4n) is 3.48. The van der Waals surface area contributed by atoms with Crippen LogP contribution < -0.4 is 4.74 Å². The number of ether oxygens (including phenoxy) is 1. The first-order chi connectivity index (χ1) is 14.6. The molecule has 6 heteroatoms. The van der Waals surface area contributed by atoms with Gasteiger partial charge in [-0.2, -0.15) is 0 Å². The number of aromatic amines is 1. The average molecular weight is 400 g/mol. The van der Waals surface area contributed by atoms with Crippen molar-refractivity contribution in [3.63, 3.8) is 0 Å². The van der Waals surface area contributed by atoms with Crippen LogP contribution in [0.2, 0.25) is 0 Å².